The maximum Gasteiger partial charge on any atom is 0.325 e. The van der Waals surface area contributed by atoms with Crippen molar-refractivity contribution in [3.05, 3.63) is 35.9 Å². The van der Waals surface area contributed by atoms with E-state index in [-0.39, 0.29) is 11.9 Å². The molecule has 1 unspecified atom stereocenters. The Labute approximate surface area is 120 Å². The highest BCUT2D eigenvalue weighted by atomic mass is 16.2. The van der Waals surface area contributed by atoms with Gasteiger partial charge in [-0.3, -0.25) is 10.1 Å². The van der Waals surface area contributed by atoms with Gasteiger partial charge in [0.1, 0.15) is 5.54 Å². The van der Waals surface area contributed by atoms with Gasteiger partial charge in [-0.15, -0.1) is 0 Å². The van der Waals surface area contributed by atoms with Gasteiger partial charge in [0.05, 0.1) is 0 Å². The van der Waals surface area contributed by atoms with Crippen molar-refractivity contribution < 1.29 is 9.59 Å². The highest BCUT2D eigenvalue weighted by Gasteiger charge is 2.47. The van der Waals surface area contributed by atoms with Crippen LogP contribution in [-0.4, -0.2) is 28.9 Å². The van der Waals surface area contributed by atoms with Crippen molar-refractivity contribution in [1.82, 2.24) is 10.2 Å². The smallest absolute Gasteiger partial charge is 0.310 e. The summed E-state index contributed by atoms with van der Waals surface area (Å²) in [5.74, 6) is -0.173. The monoisotopic (exact) mass is 274 g/mol. The summed E-state index contributed by atoms with van der Waals surface area (Å²) >= 11 is 0. The average molecular weight is 274 g/mol. The molecule has 1 atom stereocenters. The van der Waals surface area contributed by atoms with Crippen LogP contribution in [0.4, 0.5) is 4.79 Å². The number of rotatable bonds is 6. The van der Waals surface area contributed by atoms with E-state index in [1.807, 2.05) is 32.0 Å². The van der Waals surface area contributed by atoms with E-state index >= 15 is 0 Å². The number of benzene rings is 1. The van der Waals surface area contributed by atoms with E-state index < -0.39 is 5.54 Å². The minimum atomic E-state index is -0.677. The Bertz CT molecular complexity index is 487. The van der Waals surface area contributed by atoms with Gasteiger partial charge >= 0.3 is 6.03 Å². The molecular formula is C16H22N2O2. The van der Waals surface area contributed by atoms with Gasteiger partial charge in [-0.25, -0.2) is 4.79 Å². The molecule has 1 aromatic rings. The molecule has 108 valence electrons. The minimum Gasteiger partial charge on any atom is -0.310 e. The summed E-state index contributed by atoms with van der Waals surface area (Å²) in [6.07, 6.45) is 3.57. The molecular weight excluding hydrogens is 252 g/mol. The molecule has 0 spiro atoms. The van der Waals surface area contributed by atoms with Crippen molar-refractivity contribution in [1.29, 1.82) is 0 Å². The number of hydrogen-bond acceptors (Lipinski definition) is 2. The lowest BCUT2D eigenvalue weighted by molar-refractivity contribution is -0.126. The van der Waals surface area contributed by atoms with Gasteiger partial charge in [0.25, 0.3) is 5.91 Å². The van der Waals surface area contributed by atoms with E-state index in [4.69, 9.17) is 0 Å². The Balaban J connectivity index is 1.84. The molecule has 20 heavy (non-hydrogen) atoms. The van der Waals surface area contributed by atoms with Gasteiger partial charge in [-0.1, -0.05) is 37.3 Å². The first kappa shape index (κ1) is 14.6. The van der Waals surface area contributed by atoms with Crippen LogP contribution in [0.15, 0.2) is 30.3 Å². The topological polar surface area (TPSA) is 49.4 Å². The lowest BCUT2D eigenvalue weighted by Crippen LogP contribution is -2.46. The third-order valence-electron chi connectivity index (χ3n) is 4.18. The summed E-state index contributed by atoms with van der Waals surface area (Å²) in [6.45, 7) is 4.41. The number of carbonyl (C=O) groups excluding carboxylic acids is 2. The van der Waals surface area contributed by atoms with Gasteiger partial charge in [0, 0.05) is 6.54 Å². The van der Waals surface area contributed by atoms with Crippen LogP contribution in [0.1, 0.15) is 38.7 Å². The van der Waals surface area contributed by atoms with E-state index in [9.17, 15) is 9.59 Å². The van der Waals surface area contributed by atoms with Gasteiger partial charge < -0.3 is 4.90 Å². The van der Waals surface area contributed by atoms with Gasteiger partial charge in [-0.2, -0.15) is 0 Å². The standard InChI is InChI=1S/C16H22N2O2/c1-3-16(2)14(19)17-15(20)18(16)12-8-7-11-13-9-5-4-6-10-13/h4-6,9-10H,3,7-8,11-12H2,1-2H3,(H,17,19,20). The number of urea groups is 1. The lowest BCUT2D eigenvalue weighted by atomic mass is 9.97. The second kappa shape index (κ2) is 6.07. The van der Waals surface area contributed by atoms with E-state index in [2.05, 4.69) is 17.4 Å². The zero-order valence-electron chi connectivity index (χ0n) is 12.2. The van der Waals surface area contributed by atoms with Crippen molar-refractivity contribution in [2.45, 2.75) is 45.1 Å². The first-order valence-corrected chi connectivity index (χ1v) is 7.25. The van der Waals surface area contributed by atoms with Crippen LogP contribution in [0.25, 0.3) is 0 Å². The van der Waals surface area contributed by atoms with Crippen molar-refractivity contribution in [2.24, 2.45) is 0 Å². The van der Waals surface area contributed by atoms with Crippen molar-refractivity contribution in [3.63, 3.8) is 0 Å². The van der Waals surface area contributed by atoms with Crippen molar-refractivity contribution in [2.75, 3.05) is 6.54 Å². The molecule has 1 fully saturated rings. The number of hydrogen-bond donors (Lipinski definition) is 1. The first-order valence-electron chi connectivity index (χ1n) is 7.25. The summed E-state index contributed by atoms with van der Waals surface area (Å²) in [5, 5.41) is 2.42. The van der Waals surface area contributed by atoms with Crippen molar-refractivity contribution >= 4 is 11.9 Å². The van der Waals surface area contributed by atoms with Gasteiger partial charge in [-0.05, 0) is 38.2 Å². The molecule has 1 N–H and O–H groups in total. The van der Waals surface area contributed by atoms with Crippen LogP contribution in [-0.2, 0) is 11.2 Å². The fourth-order valence-electron chi connectivity index (χ4n) is 2.59. The molecule has 1 heterocycles. The summed E-state index contributed by atoms with van der Waals surface area (Å²) in [6, 6.07) is 10.1. The predicted octanol–water partition coefficient (Wildman–Crippen LogP) is 2.73. The van der Waals surface area contributed by atoms with E-state index in [1.165, 1.54) is 5.56 Å². The number of imide groups is 1. The van der Waals surface area contributed by atoms with Crippen molar-refractivity contribution in [3.8, 4) is 0 Å². The number of aryl methyl sites for hydroxylation is 1. The number of unbranched alkanes of at least 4 members (excludes halogenated alkanes) is 1. The zero-order valence-corrected chi connectivity index (χ0v) is 12.2. The molecule has 1 aliphatic rings. The third kappa shape index (κ3) is 2.84. The number of nitrogens with zero attached hydrogens (tertiary/aromatic N) is 1. The molecule has 4 nitrogen and oxygen atoms in total. The molecule has 1 saturated heterocycles. The average Bonchev–Trinajstić information content (AvgIpc) is 2.67. The maximum absolute atomic E-state index is 11.8. The van der Waals surface area contributed by atoms with Crippen LogP contribution in [0.5, 0.6) is 0 Å². The lowest BCUT2D eigenvalue weighted by Gasteiger charge is -2.30. The number of nitrogens with one attached hydrogen (secondary N) is 1. The molecule has 0 aliphatic carbocycles. The fourth-order valence-corrected chi connectivity index (χ4v) is 2.59. The maximum atomic E-state index is 11.8. The Morgan fingerprint density at radius 2 is 1.85 bits per heavy atom. The Kier molecular flexibility index (Phi) is 4.42. The van der Waals surface area contributed by atoms with Crippen LogP contribution in [0.3, 0.4) is 0 Å². The molecule has 0 bridgehead atoms. The first-order chi connectivity index (χ1) is 9.58. The summed E-state index contributed by atoms with van der Waals surface area (Å²) < 4.78 is 0. The SMILES string of the molecule is CCC1(C)C(=O)NC(=O)N1CCCCc1ccccc1. The van der Waals surface area contributed by atoms with Crippen LogP contribution in [0, 0.1) is 0 Å². The van der Waals surface area contributed by atoms with E-state index in [1.54, 1.807) is 4.90 Å². The number of amides is 3. The molecule has 1 aliphatic heterocycles. The third-order valence-corrected chi connectivity index (χ3v) is 4.18. The Hall–Kier alpha value is -1.84. The largest absolute Gasteiger partial charge is 0.325 e. The fraction of sp³-hybridized carbons (Fsp3) is 0.500. The molecule has 0 radical (unpaired) electrons. The Morgan fingerprint density at radius 1 is 1.15 bits per heavy atom. The highest BCUT2D eigenvalue weighted by Crippen LogP contribution is 2.25. The van der Waals surface area contributed by atoms with Crippen LogP contribution < -0.4 is 5.32 Å². The predicted molar refractivity (Wildman–Crippen MR) is 78.3 cm³/mol. The Morgan fingerprint density at radius 3 is 2.50 bits per heavy atom. The summed E-state index contributed by atoms with van der Waals surface area (Å²) in [7, 11) is 0. The van der Waals surface area contributed by atoms with Crippen LogP contribution in [0.2, 0.25) is 0 Å². The second-order valence-electron chi connectivity index (χ2n) is 5.48. The quantitative estimate of drug-likeness (QED) is 0.640. The highest BCUT2D eigenvalue weighted by molar-refractivity contribution is 6.06. The van der Waals surface area contributed by atoms with E-state index in [0.29, 0.717) is 13.0 Å². The van der Waals surface area contributed by atoms with E-state index in [0.717, 1.165) is 19.3 Å². The zero-order chi connectivity index (χ0) is 14.6. The summed E-state index contributed by atoms with van der Waals surface area (Å²) in [5.41, 5.74) is 0.636. The van der Waals surface area contributed by atoms with Gasteiger partial charge in [0.2, 0.25) is 0 Å². The molecule has 0 aromatic heterocycles. The summed E-state index contributed by atoms with van der Waals surface area (Å²) in [4.78, 5) is 25.3. The second-order valence-corrected chi connectivity index (χ2v) is 5.48. The molecule has 3 amide bonds. The number of carbonyl (C=O) groups is 2. The molecule has 2 rings (SSSR count). The molecule has 1 aromatic carbocycles. The molecule has 0 saturated carbocycles. The minimum absolute atomic E-state index is 0.173. The van der Waals surface area contributed by atoms with Gasteiger partial charge in [0.15, 0.2) is 0 Å². The normalized spacial score (nSPS) is 22.2. The molecule has 4 heteroatoms. The van der Waals surface area contributed by atoms with Crippen LogP contribution >= 0.6 is 0 Å².